The van der Waals surface area contributed by atoms with Gasteiger partial charge < -0.3 is 10.2 Å². The molecule has 2 heterocycles. The zero-order chi connectivity index (χ0) is 20.4. The maximum absolute atomic E-state index is 13.4. The molecule has 0 aliphatic carbocycles. The number of carbonyl (C=O) groups excluding carboxylic acids is 1. The predicted octanol–water partition coefficient (Wildman–Crippen LogP) is 2.72. The highest BCUT2D eigenvalue weighted by molar-refractivity contribution is 5.79. The summed E-state index contributed by atoms with van der Waals surface area (Å²) in [5.41, 5.74) is 3.84. The largest absolute Gasteiger partial charge is 0.359 e. The summed E-state index contributed by atoms with van der Waals surface area (Å²) in [6.45, 7) is 3.87. The van der Waals surface area contributed by atoms with Crippen molar-refractivity contribution in [2.45, 2.75) is 26.3 Å². The van der Waals surface area contributed by atoms with E-state index >= 15 is 0 Å². The summed E-state index contributed by atoms with van der Waals surface area (Å²) in [5, 5.41) is 2.73. The number of carbonyl (C=O) groups is 1. The van der Waals surface area contributed by atoms with Gasteiger partial charge in [-0.15, -0.1) is 0 Å². The Morgan fingerprint density at radius 1 is 1.10 bits per heavy atom. The second-order valence-electron chi connectivity index (χ2n) is 7.68. The second-order valence-corrected chi connectivity index (χ2v) is 7.68. The van der Waals surface area contributed by atoms with Crippen LogP contribution in [0.4, 0.5) is 5.82 Å². The Kier molecular flexibility index (Phi) is 5.34. The maximum atomic E-state index is 13.4. The molecule has 1 N–H and O–H groups in total. The number of nitrogens with one attached hydrogen (secondary N) is 1. The van der Waals surface area contributed by atoms with E-state index in [1.165, 1.54) is 5.56 Å². The van der Waals surface area contributed by atoms with E-state index < -0.39 is 0 Å². The van der Waals surface area contributed by atoms with Crippen molar-refractivity contribution < 1.29 is 4.79 Å². The summed E-state index contributed by atoms with van der Waals surface area (Å²) in [6, 6.07) is 16.0. The molecule has 0 atom stereocenters. The molecule has 1 fully saturated rings. The third kappa shape index (κ3) is 3.88. The molecule has 0 saturated carbocycles. The molecule has 4 rings (SSSR count). The van der Waals surface area contributed by atoms with Gasteiger partial charge >= 0.3 is 0 Å². The van der Waals surface area contributed by atoms with E-state index in [-0.39, 0.29) is 17.4 Å². The normalized spacial score (nSPS) is 14.9. The van der Waals surface area contributed by atoms with Gasteiger partial charge in [0.25, 0.3) is 5.56 Å². The molecule has 0 spiro atoms. The van der Waals surface area contributed by atoms with Crippen LogP contribution in [-0.2, 0) is 11.3 Å². The maximum Gasteiger partial charge on any atom is 0.294 e. The minimum absolute atomic E-state index is 0.00601. The molecule has 0 unspecified atom stereocenters. The van der Waals surface area contributed by atoms with Gasteiger partial charge in [-0.05, 0) is 37.5 Å². The van der Waals surface area contributed by atoms with Crippen LogP contribution in [0.25, 0.3) is 11.0 Å². The molecule has 1 aliphatic heterocycles. The van der Waals surface area contributed by atoms with Crippen molar-refractivity contribution in [3.8, 4) is 0 Å². The van der Waals surface area contributed by atoms with E-state index in [0.29, 0.717) is 25.5 Å². The number of piperidine rings is 1. The second kappa shape index (κ2) is 8.07. The number of hydrogen-bond donors (Lipinski definition) is 1. The number of benzene rings is 2. The average Bonchev–Trinajstić information content (AvgIpc) is 2.76. The van der Waals surface area contributed by atoms with Crippen LogP contribution in [0.3, 0.4) is 0 Å². The predicted molar refractivity (Wildman–Crippen MR) is 115 cm³/mol. The lowest BCUT2D eigenvalue weighted by Crippen LogP contribution is -2.42. The molecule has 0 radical (unpaired) electrons. The first-order chi connectivity index (χ1) is 14.1. The summed E-state index contributed by atoms with van der Waals surface area (Å²) >= 11 is 0. The van der Waals surface area contributed by atoms with Crippen LogP contribution in [0.15, 0.2) is 53.3 Å². The molecule has 1 saturated heterocycles. The lowest BCUT2D eigenvalue weighted by atomic mass is 9.96. The number of aryl methyl sites for hydroxylation is 1. The topological polar surface area (TPSA) is 67.2 Å². The molecule has 6 heteroatoms. The van der Waals surface area contributed by atoms with Gasteiger partial charge in [-0.2, -0.15) is 0 Å². The monoisotopic (exact) mass is 390 g/mol. The van der Waals surface area contributed by atoms with E-state index in [9.17, 15) is 9.59 Å². The molecular formula is C23H26N4O2. The van der Waals surface area contributed by atoms with Gasteiger partial charge in [-0.3, -0.25) is 14.2 Å². The van der Waals surface area contributed by atoms with Crippen LogP contribution < -0.4 is 15.8 Å². The van der Waals surface area contributed by atoms with Crippen molar-refractivity contribution in [3.05, 3.63) is 70.0 Å². The van der Waals surface area contributed by atoms with Crippen molar-refractivity contribution in [1.82, 2.24) is 14.9 Å². The molecule has 2 aromatic carbocycles. The molecule has 6 nitrogen and oxygen atoms in total. The number of nitrogens with zero attached hydrogens (tertiary/aromatic N) is 3. The highest BCUT2D eigenvalue weighted by atomic mass is 16.2. The lowest BCUT2D eigenvalue weighted by Gasteiger charge is -2.32. The van der Waals surface area contributed by atoms with E-state index in [1.807, 2.05) is 33.7 Å². The SMILES string of the molecule is CNC(=O)C1CCN(c2nc3ccccc3n(Cc3ccc(C)cc3)c2=O)CC1. The van der Waals surface area contributed by atoms with Crippen molar-refractivity contribution >= 4 is 22.8 Å². The zero-order valence-electron chi connectivity index (χ0n) is 16.9. The van der Waals surface area contributed by atoms with Crippen LogP contribution in [0.5, 0.6) is 0 Å². The fraction of sp³-hybridized carbons (Fsp3) is 0.348. The number of rotatable bonds is 4. The van der Waals surface area contributed by atoms with Gasteiger partial charge in [-0.1, -0.05) is 42.0 Å². The van der Waals surface area contributed by atoms with E-state index in [1.54, 1.807) is 7.05 Å². The number of para-hydroxylation sites is 2. The van der Waals surface area contributed by atoms with Crippen molar-refractivity contribution in [2.24, 2.45) is 5.92 Å². The highest BCUT2D eigenvalue weighted by Gasteiger charge is 2.27. The molecule has 1 aliphatic rings. The average molecular weight is 390 g/mol. The van der Waals surface area contributed by atoms with Gasteiger partial charge in [0, 0.05) is 26.1 Å². The van der Waals surface area contributed by atoms with Gasteiger partial charge in [-0.25, -0.2) is 4.98 Å². The Balaban J connectivity index is 1.70. The van der Waals surface area contributed by atoms with Gasteiger partial charge in [0.05, 0.1) is 17.6 Å². The van der Waals surface area contributed by atoms with Crippen LogP contribution >= 0.6 is 0 Å². The Morgan fingerprint density at radius 2 is 1.79 bits per heavy atom. The third-order valence-electron chi connectivity index (χ3n) is 5.71. The first-order valence-electron chi connectivity index (χ1n) is 10.1. The molecule has 3 aromatic rings. The minimum atomic E-state index is -0.0809. The molecule has 29 heavy (non-hydrogen) atoms. The fourth-order valence-electron chi connectivity index (χ4n) is 3.98. The summed E-state index contributed by atoms with van der Waals surface area (Å²) < 4.78 is 1.81. The minimum Gasteiger partial charge on any atom is -0.359 e. The summed E-state index contributed by atoms with van der Waals surface area (Å²) in [6.07, 6.45) is 1.46. The smallest absolute Gasteiger partial charge is 0.294 e. The van der Waals surface area contributed by atoms with E-state index in [0.717, 1.165) is 29.4 Å². The molecule has 1 aromatic heterocycles. The summed E-state index contributed by atoms with van der Waals surface area (Å²) in [5.74, 6) is 0.561. The first kappa shape index (κ1) is 19.2. The molecule has 150 valence electrons. The summed E-state index contributed by atoms with van der Waals surface area (Å²) in [4.78, 5) is 32.1. The van der Waals surface area contributed by atoms with Gasteiger partial charge in [0.15, 0.2) is 5.82 Å². The summed E-state index contributed by atoms with van der Waals surface area (Å²) in [7, 11) is 1.67. The molecule has 1 amide bonds. The van der Waals surface area contributed by atoms with E-state index in [4.69, 9.17) is 4.98 Å². The molecule has 0 bridgehead atoms. The highest BCUT2D eigenvalue weighted by Crippen LogP contribution is 2.22. The number of fused-ring (bicyclic) bond motifs is 1. The Labute approximate surface area is 170 Å². The molecular weight excluding hydrogens is 364 g/mol. The van der Waals surface area contributed by atoms with Crippen LogP contribution in [0, 0.1) is 12.8 Å². The van der Waals surface area contributed by atoms with Gasteiger partial charge in [0.1, 0.15) is 0 Å². The van der Waals surface area contributed by atoms with Crippen molar-refractivity contribution in [2.75, 3.05) is 25.0 Å². The zero-order valence-corrected chi connectivity index (χ0v) is 16.9. The fourth-order valence-corrected chi connectivity index (χ4v) is 3.98. The number of aromatic nitrogens is 2. The lowest BCUT2D eigenvalue weighted by molar-refractivity contribution is -0.125. The Bertz CT molecular complexity index is 1080. The number of amides is 1. The third-order valence-corrected chi connectivity index (χ3v) is 5.71. The standard InChI is InChI=1S/C23H26N4O2/c1-16-7-9-17(10-8-16)15-27-20-6-4-3-5-19(20)25-21(23(27)29)26-13-11-18(12-14-26)22(28)24-2/h3-10,18H,11-15H2,1-2H3,(H,24,28). The van der Waals surface area contributed by atoms with Gasteiger partial charge in [0.2, 0.25) is 5.91 Å². The quantitative estimate of drug-likeness (QED) is 0.744. The number of anilines is 1. The Morgan fingerprint density at radius 3 is 2.48 bits per heavy atom. The van der Waals surface area contributed by atoms with Crippen LogP contribution in [0.1, 0.15) is 24.0 Å². The van der Waals surface area contributed by atoms with E-state index in [2.05, 4.69) is 36.5 Å². The Hall–Kier alpha value is -3.15. The first-order valence-corrected chi connectivity index (χ1v) is 10.1. The van der Waals surface area contributed by atoms with Crippen molar-refractivity contribution in [1.29, 1.82) is 0 Å². The van der Waals surface area contributed by atoms with Crippen LogP contribution in [0.2, 0.25) is 0 Å². The van der Waals surface area contributed by atoms with Crippen LogP contribution in [-0.4, -0.2) is 35.6 Å². The number of hydrogen-bond acceptors (Lipinski definition) is 4. The van der Waals surface area contributed by atoms with Crippen molar-refractivity contribution in [3.63, 3.8) is 0 Å².